The lowest BCUT2D eigenvalue weighted by atomic mass is 9.99. The first kappa shape index (κ1) is 17.9. The summed E-state index contributed by atoms with van der Waals surface area (Å²) in [6.07, 6.45) is -3.74. The molecule has 7 heteroatoms. The highest BCUT2D eigenvalue weighted by molar-refractivity contribution is 5.26. The minimum Gasteiger partial charge on any atom is -0.373 e. The normalized spacial score (nSPS) is 14.0. The van der Waals surface area contributed by atoms with Crippen LogP contribution in [-0.4, -0.2) is 25.6 Å². The molecular formula is C14H20F4N2O. The van der Waals surface area contributed by atoms with E-state index in [4.69, 9.17) is 5.84 Å². The zero-order chi connectivity index (χ0) is 16.0. The van der Waals surface area contributed by atoms with Gasteiger partial charge in [0.25, 0.3) is 0 Å². The molecule has 0 saturated carbocycles. The predicted molar refractivity (Wildman–Crippen MR) is 72.4 cm³/mol. The van der Waals surface area contributed by atoms with Crippen LogP contribution in [0.25, 0.3) is 0 Å². The van der Waals surface area contributed by atoms with Gasteiger partial charge >= 0.3 is 12.3 Å². The molecule has 0 amide bonds. The van der Waals surface area contributed by atoms with Gasteiger partial charge in [0.1, 0.15) is 6.61 Å². The lowest BCUT2D eigenvalue weighted by molar-refractivity contribution is -0.167. The van der Waals surface area contributed by atoms with Crippen LogP contribution in [0.15, 0.2) is 24.3 Å². The summed E-state index contributed by atoms with van der Waals surface area (Å²) in [5.74, 6) is 1.56. The lowest BCUT2D eigenvalue weighted by Crippen LogP contribution is -2.36. The van der Waals surface area contributed by atoms with Crippen LogP contribution in [0.1, 0.15) is 36.9 Å². The molecule has 1 atom stereocenters. The van der Waals surface area contributed by atoms with Crippen molar-refractivity contribution in [3.63, 3.8) is 0 Å². The molecule has 0 aliphatic heterocycles. The van der Waals surface area contributed by atoms with Crippen LogP contribution >= 0.6 is 0 Å². The second-order valence-corrected chi connectivity index (χ2v) is 5.12. The van der Waals surface area contributed by atoms with Crippen molar-refractivity contribution >= 4 is 0 Å². The maximum absolute atomic E-state index is 12.7. The molecule has 0 radical (unpaired) electrons. The number of benzene rings is 1. The van der Waals surface area contributed by atoms with Crippen LogP contribution < -0.4 is 11.3 Å². The summed E-state index contributed by atoms with van der Waals surface area (Å²) in [6.45, 7) is 2.53. The van der Waals surface area contributed by atoms with Crippen molar-refractivity contribution in [2.24, 2.45) is 5.84 Å². The molecule has 1 rings (SSSR count). The Morgan fingerprint density at radius 1 is 1.14 bits per heavy atom. The lowest BCUT2D eigenvalue weighted by Gasteiger charge is -2.20. The molecule has 0 heterocycles. The molecule has 3 nitrogen and oxygen atoms in total. The molecule has 1 aromatic carbocycles. The van der Waals surface area contributed by atoms with Crippen molar-refractivity contribution in [3.8, 4) is 0 Å². The van der Waals surface area contributed by atoms with Gasteiger partial charge in [-0.3, -0.25) is 11.3 Å². The summed E-state index contributed by atoms with van der Waals surface area (Å²) in [7, 11) is 0. The fraction of sp³-hybridized carbons (Fsp3) is 0.571. The summed E-state index contributed by atoms with van der Waals surface area (Å²) >= 11 is 0. The third-order valence-corrected chi connectivity index (χ3v) is 3.10. The van der Waals surface area contributed by atoms with Crippen LogP contribution in [0.3, 0.4) is 0 Å². The van der Waals surface area contributed by atoms with E-state index in [-0.39, 0.29) is 6.61 Å². The van der Waals surface area contributed by atoms with E-state index in [9.17, 15) is 17.6 Å². The Labute approximate surface area is 121 Å². The summed E-state index contributed by atoms with van der Waals surface area (Å²) in [4.78, 5) is 0. The van der Waals surface area contributed by atoms with E-state index in [1.807, 2.05) is 26.0 Å². The number of hydrogen-bond acceptors (Lipinski definition) is 3. The van der Waals surface area contributed by atoms with Crippen molar-refractivity contribution < 1.29 is 22.3 Å². The number of rotatable bonds is 8. The first-order chi connectivity index (χ1) is 9.77. The number of ether oxygens (including phenoxy) is 1. The van der Waals surface area contributed by atoms with Gasteiger partial charge in [0.05, 0.1) is 12.6 Å². The molecule has 120 valence electrons. The Bertz CT molecular complexity index is 423. The fourth-order valence-corrected chi connectivity index (χ4v) is 1.73. The van der Waals surface area contributed by atoms with Gasteiger partial charge in [-0.25, -0.2) is 8.78 Å². The number of hydrazine groups is 1. The standard InChI is InChI=1S/C14H20F4N2O/c1-9(2)10-3-5-11(6-4-10)12(20-19)7-21-8-14(17,18)13(15)16/h3-6,9,12-13,20H,7-8,19H2,1-2H3. The molecule has 21 heavy (non-hydrogen) atoms. The highest BCUT2D eigenvalue weighted by Crippen LogP contribution is 2.24. The molecule has 0 fully saturated rings. The van der Waals surface area contributed by atoms with E-state index in [2.05, 4.69) is 10.2 Å². The van der Waals surface area contributed by atoms with Gasteiger partial charge in [0.15, 0.2) is 0 Å². The quantitative estimate of drug-likeness (QED) is 0.440. The van der Waals surface area contributed by atoms with Gasteiger partial charge in [-0.1, -0.05) is 38.1 Å². The maximum atomic E-state index is 12.7. The van der Waals surface area contributed by atoms with Crippen LogP contribution in [0.2, 0.25) is 0 Å². The average Bonchev–Trinajstić information content (AvgIpc) is 2.43. The Morgan fingerprint density at radius 2 is 1.67 bits per heavy atom. The largest absolute Gasteiger partial charge is 0.373 e. The third kappa shape index (κ3) is 5.26. The van der Waals surface area contributed by atoms with Crippen LogP contribution in [-0.2, 0) is 4.74 Å². The summed E-state index contributed by atoms with van der Waals surface area (Å²) in [5.41, 5.74) is 4.29. The average molecular weight is 308 g/mol. The van der Waals surface area contributed by atoms with E-state index in [1.165, 1.54) is 0 Å². The third-order valence-electron chi connectivity index (χ3n) is 3.10. The molecule has 1 aromatic rings. The minimum absolute atomic E-state index is 0.222. The maximum Gasteiger partial charge on any atom is 0.330 e. The molecule has 0 saturated heterocycles. The molecule has 0 spiro atoms. The number of nitrogens with one attached hydrogen (secondary N) is 1. The van der Waals surface area contributed by atoms with Crippen LogP contribution in [0.5, 0.6) is 0 Å². The summed E-state index contributed by atoms with van der Waals surface area (Å²) in [5, 5.41) is 0. The fourth-order valence-electron chi connectivity index (χ4n) is 1.73. The first-order valence-electron chi connectivity index (χ1n) is 6.57. The first-order valence-corrected chi connectivity index (χ1v) is 6.57. The van der Waals surface area contributed by atoms with Crippen LogP contribution in [0, 0.1) is 0 Å². The van der Waals surface area contributed by atoms with Crippen molar-refractivity contribution in [3.05, 3.63) is 35.4 Å². The van der Waals surface area contributed by atoms with Gasteiger partial charge in [0, 0.05) is 0 Å². The van der Waals surface area contributed by atoms with Gasteiger partial charge in [0.2, 0.25) is 0 Å². The zero-order valence-corrected chi connectivity index (χ0v) is 12.0. The molecule has 0 bridgehead atoms. The highest BCUT2D eigenvalue weighted by Gasteiger charge is 2.41. The number of alkyl halides is 4. The minimum atomic E-state index is -4.15. The Morgan fingerprint density at radius 3 is 2.10 bits per heavy atom. The number of nitrogens with two attached hydrogens (primary N) is 1. The topological polar surface area (TPSA) is 47.3 Å². The molecule has 1 unspecified atom stereocenters. The molecule has 0 aromatic heterocycles. The molecule has 0 aliphatic carbocycles. The zero-order valence-electron chi connectivity index (χ0n) is 12.0. The van der Waals surface area contributed by atoms with Crippen molar-refractivity contribution in [2.45, 2.75) is 38.2 Å². The second kappa shape index (κ2) is 7.72. The Hall–Kier alpha value is -1.18. The van der Waals surface area contributed by atoms with E-state index in [0.717, 1.165) is 11.1 Å². The van der Waals surface area contributed by atoms with E-state index in [0.29, 0.717) is 5.92 Å². The molecule has 0 aliphatic rings. The highest BCUT2D eigenvalue weighted by atomic mass is 19.3. The van der Waals surface area contributed by atoms with Crippen molar-refractivity contribution in [2.75, 3.05) is 13.2 Å². The molecular weight excluding hydrogens is 288 g/mol. The SMILES string of the molecule is CC(C)c1ccc(C(COCC(F)(F)C(F)F)NN)cc1. The number of hydrogen-bond donors (Lipinski definition) is 2. The van der Waals surface area contributed by atoms with E-state index in [1.54, 1.807) is 12.1 Å². The van der Waals surface area contributed by atoms with Gasteiger partial charge in [-0.05, 0) is 17.0 Å². The monoisotopic (exact) mass is 308 g/mol. The van der Waals surface area contributed by atoms with Crippen LogP contribution in [0.4, 0.5) is 17.6 Å². The van der Waals surface area contributed by atoms with Crippen molar-refractivity contribution in [1.82, 2.24) is 5.43 Å². The van der Waals surface area contributed by atoms with Gasteiger partial charge in [-0.15, -0.1) is 0 Å². The number of halogens is 4. The second-order valence-electron chi connectivity index (χ2n) is 5.12. The molecule has 3 N–H and O–H groups in total. The van der Waals surface area contributed by atoms with Gasteiger partial charge in [-0.2, -0.15) is 8.78 Å². The van der Waals surface area contributed by atoms with Crippen molar-refractivity contribution in [1.29, 1.82) is 0 Å². The Kier molecular flexibility index (Phi) is 6.57. The summed E-state index contributed by atoms with van der Waals surface area (Å²) in [6, 6.07) is 6.86. The summed E-state index contributed by atoms with van der Waals surface area (Å²) < 4.78 is 54.1. The van der Waals surface area contributed by atoms with Gasteiger partial charge < -0.3 is 4.74 Å². The van der Waals surface area contributed by atoms with E-state index < -0.39 is 25.0 Å². The van der Waals surface area contributed by atoms with E-state index >= 15 is 0 Å². The Balaban J connectivity index is 2.59. The predicted octanol–water partition coefficient (Wildman–Crippen LogP) is 3.23. The smallest absolute Gasteiger partial charge is 0.330 e.